The Hall–Kier alpha value is -1.45. The van der Waals surface area contributed by atoms with Gasteiger partial charge in [0.2, 0.25) is 0 Å². The zero-order valence-corrected chi connectivity index (χ0v) is 10.1. The number of nitrogens with zero attached hydrogens (tertiary/aromatic N) is 2. The van der Waals surface area contributed by atoms with Gasteiger partial charge in [-0.25, -0.2) is 0 Å². The van der Waals surface area contributed by atoms with Gasteiger partial charge in [-0.05, 0) is 25.6 Å². The molecular weight excluding hydrogens is 202 g/mol. The topological polar surface area (TPSA) is 35.6 Å². The number of amides is 1. The van der Waals surface area contributed by atoms with Gasteiger partial charge in [0.1, 0.15) is 11.9 Å². The van der Waals surface area contributed by atoms with Gasteiger partial charge < -0.3 is 15.1 Å². The molecule has 2 aliphatic heterocycles. The van der Waals surface area contributed by atoms with Crippen LogP contribution < -0.4 is 5.32 Å². The lowest BCUT2D eigenvalue weighted by Gasteiger charge is -2.46. The van der Waals surface area contributed by atoms with Gasteiger partial charge in [0, 0.05) is 13.1 Å². The minimum Gasteiger partial charge on any atom is -0.378 e. The first-order valence-corrected chi connectivity index (χ1v) is 5.75. The minimum absolute atomic E-state index is 0.0968. The summed E-state index contributed by atoms with van der Waals surface area (Å²) >= 11 is 0. The van der Waals surface area contributed by atoms with E-state index in [4.69, 9.17) is 0 Å². The molecule has 0 radical (unpaired) electrons. The molecule has 1 saturated heterocycles. The lowest BCUT2D eigenvalue weighted by molar-refractivity contribution is -0.136. The second-order valence-corrected chi connectivity index (χ2v) is 4.47. The van der Waals surface area contributed by atoms with Gasteiger partial charge in [-0.1, -0.05) is 13.5 Å². The molecule has 1 amide bonds. The number of nitrogens with one attached hydrogen (secondary N) is 1. The molecule has 88 valence electrons. The molecule has 2 rings (SSSR count). The molecule has 2 aliphatic rings. The maximum Gasteiger partial charge on any atom is 0.252 e. The fourth-order valence-electron chi connectivity index (χ4n) is 2.36. The zero-order chi connectivity index (χ0) is 11.9. The largest absolute Gasteiger partial charge is 0.378 e. The zero-order valence-electron chi connectivity index (χ0n) is 10.1. The Kier molecular flexibility index (Phi) is 2.66. The molecule has 16 heavy (non-hydrogen) atoms. The van der Waals surface area contributed by atoms with Crippen LogP contribution in [0.2, 0.25) is 0 Å². The predicted octanol–water partition coefficient (Wildman–Crippen LogP) is 0.884. The summed E-state index contributed by atoms with van der Waals surface area (Å²) in [6, 6.07) is 0.357. The Bertz CT molecular complexity index is 350. The van der Waals surface area contributed by atoms with E-state index in [1.165, 1.54) is 0 Å². The Labute approximate surface area is 96.6 Å². The van der Waals surface area contributed by atoms with Gasteiger partial charge >= 0.3 is 0 Å². The summed E-state index contributed by atoms with van der Waals surface area (Å²) in [4.78, 5) is 15.9. The third-order valence-electron chi connectivity index (χ3n) is 3.58. The van der Waals surface area contributed by atoms with Crippen molar-refractivity contribution in [1.82, 2.24) is 15.1 Å². The molecule has 4 heteroatoms. The van der Waals surface area contributed by atoms with Crippen LogP contribution in [0.3, 0.4) is 0 Å². The van der Waals surface area contributed by atoms with Crippen LogP contribution in [-0.2, 0) is 4.79 Å². The molecule has 0 aromatic heterocycles. The Morgan fingerprint density at radius 1 is 1.62 bits per heavy atom. The molecule has 0 aliphatic carbocycles. The summed E-state index contributed by atoms with van der Waals surface area (Å²) in [5.41, 5.74) is 0. The summed E-state index contributed by atoms with van der Waals surface area (Å²) in [6.07, 6.45) is 4.96. The first kappa shape index (κ1) is 11.0. The van der Waals surface area contributed by atoms with Gasteiger partial charge in [-0.3, -0.25) is 4.79 Å². The molecule has 0 aromatic carbocycles. The molecule has 0 aromatic rings. The quantitative estimate of drug-likeness (QED) is 0.752. The van der Waals surface area contributed by atoms with Gasteiger partial charge in [0.05, 0.1) is 6.04 Å². The van der Waals surface area contributed by atoms with E-state index >= 15 is 0 Å². The van der Waals surface area contributed by atoms with E-state index in [1.807, 2.05) is 12.3 Å². The average molecular weight is 221 g/mol. The minimum atomic E-state index is -0.149. The highest BCUT2D eigenvalue weighted by Crippen LogP contribution is 2.28. The lowest BCUT2D eigenvalue weighted by atomic mass is 10.0. The molecule has 1 fully saturated rings. The second-order valence-electron chi connectivity index (χ2n) is 4.47. The molecule has 0 spiro atoms. The fourth-order valence-corrected chi connectivity index (χ4v) is 2.36. The molecule has 0 saturated carbocycles. The average Bonchev–Trinajstić information content (AvgIpc) is 2.74. The number of rotatable bonds is 2. The van der Waals surface area contributed by atoms with Crippen LogP contribution in [0.5, 0.6) is 0 Å². The predicted molar refractivity (Wildman–Crippen MR) is 63.4 cm³/mol. The highest BCUT2D eigenvalue weighted by atomic mass is 16.2. The number of likely N-dealkylation sites (N-methyl/N-ethyl adjacent to an activating group) is 1. The van der Waals surface area contributed by atoms with Crippen molar-refractivity contribution < 1.29 is 4.79 Å². The Morgan fingerprint density at radius 3 is 2.94 bits per heavy atom. The second kappa shape index (κ2) is 3.85. The van der Waals surface area contributed by atoms with E-state index in [9.17, 15) is 4.79 Å². The van der Waals surface area contributed by atoms with E-state index in [0.29, 0.717) is 6.04 Å². The first-order chi connectivity index (χ1) is 7.57. The van der Waals surface area contributed by atoms with Crippen molar-refractivity contribution in [2.75, 3.05) is 7.05 Å². The molecule has 0 bridgehead atoms. The summed E-state index contributed by atoms with van der Waals surface area (Å²) in [7, 11) is 1.79. The van der Waals surface area contributed by atoms with Crippen molar-refractivity contribution in [2.45, 2.75) is 38.4 Å². The smallest absolute Gasteiger partial charge is 0.252 e. The highest BCUT2D eigenvalue weighted by Gasteiger charge is 2.43. The van der Waals surface area contributed by atoms with Crippen LogP contribution in [-0.4, -0.2) is 40.9 Å². The fraction of sp³-hybridized carbons (Fsp3) is 0.583. The standard InChI is InChI=1S/C12H19N3O/c1-5-8(2)15-9(3)14(4)12(16)11-10(15)6-7-13-11/h6-8,10-11,13H,3,5H2,1-2,4H3/t8?,10?,11-/m0/s1. The third kappa shape index (κ3) is 1.40. The highest BCUT2D eigenvalue weighted by molar-refractivity contribution is 5.86. The van der Waals surface area contributed by atoms with Crippen molar-refractivity contribution in [3.63, 3.8) is 0 Å². The summed E-state index contributed by atoms with van der Waals surface area (Å²) < 4.78 is 0. The monoisotopic (exact) mass is 221 g/mol. The number of hydrogen-bond donors (Lipinski definition) is 1. The van der Waals surface area contributed by atoms with Crippen LogP contribution in [0.15, 0.2) is 24.7 Å². The van der Waals surface area contributed by atoms with Gasteiger partial charge in [-0.2, -0.15) is 0 Å². The van der Waals surface area contributed by atoms with Crippen LogP contribution in [0.4, 0.5) is 0 Å². The van der Waals surface area contributed by atoms with E-state index in [0.717, 1.165) is 12.2 Å². The normalized spacial score (nSPS) is 30.4. The van der Waals surface area contributed by atoms with E-state index in [-0.39, 0.29) is 18.0 Å². The summed E-state index contributed by atoms with van der Waals surface area (Å²) in [5, 5.41) is 3.11. The Balaban J connectivity index is 2.32. The molecule has 3 atom stereocenters. The third-order valence-corrected chi connectivity index (χ3v) is 3.58. The summed E-state index contributed by atoms with van der Waals surface area (Å²) in [6.45, 7) is 8.34. The Morgan fingerprint density at radius 2 is 2.31 bits per heavy atom. The van der Waals surface area contributed by atoms with Crippen molar-refractivity contribution in [3.05, 3.63) is 24.7 Å². The van der Waals surface area contributed by atoms with Crippen molar-refractivity contribution in [3.8, 4) is 0 Å². The SMILES string of the molecule is C=C1N(C)C(=O)[C@H]2NC=CC2N1C(C)CC. The molecule has 2 heterocycles. The van der Waals surface area contributed by atoms with Crippen molar-refractivity contribution in [1.29, 1.82) is 0 Å². The molecule has 1 N–H and O–H groups in total. The van der Waals surface area contributed by atoms with Crippen molar-refractivity contribution >= 4 is 5.91 Å². The van der Waals surface area contributed by atoms with E-state index in [1.54, 1.807) is 11.9 Å². The summed E-state index contributed by atoms with van der Waals surface area (Å²) in [5.74, 6) is 0.897. The van der Waals surface area contributed by atoms with Gasteiger partial charge in [0.25, 0.3) is 5.91 Å². The number of fused-ring (bicyclic) bond motifs is 1. The van der Waals surface area contributed by atoms with Crippen LogP contribution >= 0.6 is 0 Å². The van der Waals surface area contributed by atoms with E-state index in [2.05, 4.69) is 30.6 Å². The van der Waals surface area contributed by atoms with Crippen molar-refractivity contribution in [2.24, 2.45) is 0 Å². The maximum atomic E-state index is 12.0. The van der Waals surface area contributed by atoms with Gasteiger partial charge in [0.15, 0.2) is 0 Å². The molecule has 2 unspecified atom stereocenters. The number of hydrogen-bond acceptors (Lipinski definition) is 3. The van der Waals surface area contributed by atoms with Crippen LogP contribution in [0.1, 0.15) is 20.3 Å². The van der Waals surface area contributed by atoms with Crippen LogP contribution in [0.25, 0.3) is 0 Å². The van der Waals surface area contributed by atoms with E-state index < -0.39 is 0 Å². The van der Waals surface area contributed by atoms with Crippen LogP contribution in [0, 0.1) is 0 Å². The number of carbonyl (C=O) groups is 1. The lowest BCUT2D eigenvalue weighted by Crippen LogP contribution is -2.61. The first-order valence-electron chi connectivity index (χ1n) is 5.75. The maximum absolute atomic E-state index is 12.0. The molecular formula is C12H19N3O. The number of carbonyl (C=O) groups excluding carboxylic acids is 1. The molecule has 4 nitrogen and oxygen atoms in total. The van der Waals surface area contributed by atoms with Gasteiger partial charge in [-0.15, -0.1) is 0 Å².